The van der Waals surface area contributed by atoms with Crippen LogP contribution >= 0.6 is 0 Å². The normalized spacial score (nSPS) is 13.6. The first kappa shape index (κ1) is 14.4. The van der Waals surface area contributed by atoms with E-state index < -0.39 is 11.9 Å². The second-order valence-corrected chi connectivity index (χ2v) is 3.98. The predicted molar refractivity (Wildman–Crippen MR) is 66.9 cm³/mol. The summed E-state index contributed by atoms with van der Waals surface area (Å²) in [6.45, 7) is 2.61. The zero-order chi connectivity index (χ0) is 13.5. The second kappa shape index (κ2) is 6.93. The lowest BCUT2D eigenvalue weighted by molar-refractivity contribution is 0.167. The molecule has 1 aromatic rings. The molecule has 0 aliphatic heterocycles. The van der Waals surface area contributed by atoms with Crippen molar-refractivity contribution in [2.24, 2.45) is 10.9 Å². The molecule has 0 saturated heterocycles. The molecule has 18 heavy (non-hydrogen) atoms. The molecule has 0 aliphatic rings. The van der Waals surface area contributed by atoms with E-state index in [-0.39, 0.29) is 5.84 Å². The summed E-state index contributed by atoms with van der Waals surface area (Å²) in [5.41, 5.74) is 6.15. The fourth-order valence-electron chi connectivity index (χ4n) is 1.43. The summed E-state index contributed by atoms with van der Waals surface area (Å²) >= 11 is 0. The minimum Gasteiger partial charge on any atom is -0.409 e. The zero-order valence-corrected chi connectivity index (χ0v) is 10.2. The van der Waals surface area contributed by atoms with Crippen molar-refractivity contribution >= 4 is 5.84 Å². The van der Waals surface area contributed by atoms with Gasteiger partial charge in [0.1, 0.15) is 5.82 Å². The van der Waals surface area contributed by atoms with E-state index in [2.05, 4.69) is 10.5 Å². The van der Waals surface area contributed by atoms with Crippen LogP contribution in [-0.2, 0) is 6.54 Å². The van der Waals surface area contributed by atoms with E-state index in [1.54, 1.807) is 12.1 Å². The Hall–Kier alpha value is -1.66. The maximum atomic E-state index is 13.7. The highest BCUT2D eigenvalue weighted by molar-refractivity contribution is 5.97. The van der Waals surface area contributed by atoms with Crippen molar-refractivity contribution in [3.8, 4) is 0 Å². The van der Waals surface area contributed by atoms with Crippen LogP contribution in [0.4, 0.5) is 4.39 Å². The third-order valence-corrected chi connectivity index (χ3v) is 2.62. The minimum absolute atomic E-state index is 0.130. The topological polar surface area (TPSA) is 90.9 Å². The molecular weight excluding hydrogens is 237 g/mol. The van der Waals surface area contributed by atoms with Gasteiger partial charge in [0.15, 0.2) is 5.84 Å². The first-order valence-electron chi connectivity index (χ1n) is 5.73. The van der Waals surface area contributed by atoms with Crippen LogP contribution in [0.5, 0.6) is 0 Å². The molecular formula is C12H18FN3O2. The number of nitrogens with zero attached hydrogens (tertiary/aromatic N) is 1. The summed E-state index contributed by atoms with van der Waals surface area (Å²) in [5.74, 6) is -0.563. The number of nitrogens with one attached hydrogen (secondary N) is 1. The molecule has 0 amide bonds. The van der Waals surface area contributed by atoms with Gasteiger partial charge >= 0.3 is 0 Å². The molecule has 0 aromatic heterocycles. The van der Waals surface area contributed by atoms with Gasteiger partial charge < -0.3 is 21.4 Å². The molecule has 0 spiro atoms. The minimum atomic E-state index is -0.433. The Morgan fingerprint density at radius 3 is 2.83 bits per heavy atom. The summed E-state index contributed by atoms with van der Waals surface area (Å²) in [4.78, 5) is 0. The highest BCUT2D eigenvalue weighted by atomic mass is 19.1. The Labute approximate surface area is 105 Å². The van der Waals surface area contributed by atoms with E-state index in [9.17, 15) is 9.50 Å². The van der Waals surface area contributed by atoms with Crippen molar-refractivity contribution in [2.45, 2.75) is 26.0 Å². The lowest BCUT2D eigenvalue weighted by Crippen LogP contribution is -2.26. The smallest absolute Gasteiger partial charge is 0.170 e. The molecule has 0 saturated carbocycles. The van der Waals surface area contributed by atoms with Gasteiger partial charge in [0.05, 0.1) is 6.10 Å². The van der Waals surface area contributed by atoms with Crippen LogP contribution in [0.2, 0.25) is 0 Å². The monoisotopic (exact) mass is 255 g/mol. The molecule has 0 fully saturated rings. The molecule has 5 nitrogen and oxygen atoms in total. The van der Waals surface area contributed by atoms with Crippen molar-refractivity contribution in [1.82, 2.24) is 5.32 Å². The first-order valence-corrected chi connectivity index (χ1v) is 5.73. The molecule has 1 aromatic carbocycles. The van der Waals surface area contributed by atoms with Crippen molar-refractivity contribution in [3.63, 3.8) is 0 Å². The van der Waals surface area contributed by atoms with Gasteiger partial charge in [-0.1, -0.05) is 24.2 Å². The summed E-state index contributed by atoms with van der Waals surface area (Å²) < 4.78 is 13.7. The van der Waals surface area contributed by atoms with E-state index in [0.29, 0.717) is 30.6 Å². The molecule has 1 atom stereocenters. The number of oxime groups is 1. The molecule has 6 heteroatoms. The summed E-state index contributed by atoms with van der Waals surface area (Å²) in [7, 11) is 0. The van der Waals surface area contributed by atoms with Gasteiger partial charge in [-0.25, -0.2) is 4.39 Å². The summed E-state index contributed by atoms with van der Waals surface area (Å²) in [6, 6.07) is 4.35. The maximum Gasteiger partial charge on any atom is 0.170 e. The van der Waals surface area contributed by atoms with Gasteiger partial charge in [-0.2, -0.15) is 0 Å². The largest absolute Gasteiger partial charge is 0.409 e. The lowest BCUT2D eigenvalue weighted by atomic mass is 10.1. The van der Waals surface area contributed by atoms with E-state index in [1.165, 1.54) is 6.07 Å². The third-order valence-electron chi connectivity index (χ3n) is 2.62. The SMILES string of the molecule is CCC(O)CNCc1ccc(/C(N)=N/O)cc1F. The molecule has 1 unspecified atom stereocenters. The number of amidine groups is 1. The van der Waals surface area contributed by atoms with Crippen LogP contribution in [0, 0.1) is 5.82 Å². The Kier molecular flexibility index (Phi) is 5.54. The van der Waals surface area contributed by atoms with Crippen LogP contribution < -0.4 is 11.1 Å². The third kappa shape index (κ3) is 3.97. The van der Waals surface area contributed by atoms with Gasteiger partial charge in [-0.05, 0) is 12.5 Å². The number of aliphatic hydroxyl groups is 1. The number of halogens is 1. The van der Waals surface area contributed by atoms with Gasteiger partial charge in [-0.15, -0.1) is 0 Å². The van der Waals surface area contributed by atoms with Crippen LogP contribution in [0.1, 0.15) is 24.5 Å². The second-order valence-electron chi connectivity index (χ2n) is 3.98. The van der Waals surface area contributed by atoms with Crippen LogP contribution in [0.25, 0.3) is 0 Å². The van der Waals surface area contributed by atoms with E-state index in [0.717, 1.165) is 0 Å². The number of benzene rings is 1. The van der Waals surface area contributed by atoms with Crippen molar-refractivity contribution < 1.29 is 14.7 Å². The fraction of sp³-hybridized carbons (Fsp3) is 0.417. The van der Waals surface area contributed by atoms with Crippen molar-refractivity contribution in [2.75, 3.05) is 6.54 Å². The molecule has 5 N–H and O–H groups in total. The fourth-order valence-corrected chi connectivity index (χ4v) is 1.43. The summed E-state index contributed by atoms with van der Waals surface area (Å²) in [6.07, 6.45) is 0.224. The Morgan fingerprint density at radius 2 is 2.28 bits per heavy atom. The number of nitrogens with two attached hydrogens (primary N) is 1. The van der Waals surface area contributed by atoms with Gasteiger partial charge in [0.2, 0.25) is 0 Å². The molecule has 0 heterocycles. The quantitative estimate of drug-likeness (QED) is 0.262. The van der Waals surface area contributed by atoms with E-state index in [1.807, 2.05) is 6.92 Å². The molecule has 0 bridgehead atoms. The Morgan fingerprint density at radius 1 is 1.56 bits per heavy atom. The Bertz CT molecular complexity index is 424. The number of hydrogen-bond donors (Lipinski definition) is 4. The number of aliphatic hydroxyl groups excluding tert-OH is 1. The lowest BCUT2D eigenvalue weighted by Gasteiger charge is -2.10. The predicted octanol–water partition coefficient (Wildman–Crippen LogP) is 0.781. The van der Waals surface area contributed by atoms with Gasteiger partial charge in [0, 0.05) is 24.2 Å². The van der Waals surface area contributed by atoms with Crippen molar-refractivity contribution in [3.05, 3.63) is 35.1 Å². The summed E-state index contributed by atoms with van der Waals surface area (Å²) in [5, 5.41) is 23.6. The highest BCUT2D eigenvalue weighted by Crippen LogP contribution is 2.10. The average molecular weight is 255 g/mol. The van der Waals surface area contributed by atoms with E-state index >= 15 is 0 Å². The molecule has 1 rings (SSSR count). The Balaban J connectivity index is 2.63. The number of hydrogen-bond acceptors (Lipinski definition) is 4. The molecule has 0 aliphatic carbocycles. The average Bonchev–Trinajstić information content (AvgIpc) is 2.39. The van der Waals surface area contributed by atoms with Gasteiger partial charge in [0.25, 0.3) is 0 Å². The number of rotatable bonds is 6. The molecule has 0 radical (unpaired) electrons. The maximum absolute atomic E-state index is 13.7. The zero-order valence-electron chi connectivity index (χ0n) is 10.2. The van der Waals surface area contributed by atoms with E-state index in [4.69, 9.17) is 10.9 Å². The standard InChI is InChI=1S/C12H18FN3O2/c1-2-10(17)7-15-6-9-4-3-8(5-11(9)13)12(14)16-18/h3-5,10,15,17-18H,2,6-7H2,1H3,(H2,14,16). The molecule has 100 valence electrons. The van der Waals surface area contributed by atoms with Crippen LogP contribution in [-0.4, -0.2) is 28.8 Å². The first-order chi connectivity index (χ1) is 8.58. The van der Waals surface area contributed by atoms with Crippen LogP contribution in [0.15, 0.2) is 23.4 Å². The van der Waals surface area contributed by atoms with Crippen molar-refractivity contribution in [1.29, 1.82) is 0 Å². The van der Waals surface area contributed by atoms with Gasteiger partial charge in [-0.3, -0.25) is 0 Å². The highest BCUT2D eigenvalue weighted by Gasteiger charge is 2.07. The van der Waals surface area contributed by atoms with Crippen LogP contribution in [0.3, 0.4) is 0 Å².